The van der Waals surface area contributed by atoms with Gasteiger partial charge in [-0.2, -0.15) is 13.4 Å². The number of hydrogen-bond donors (Lipinski definition) is 2. The number of piperidine rings is 1. The number of ether oxygens (including phenoxy) is 1. The third kappa shape index (κ3) is 6.12. The van der Waals surface area contributed by atoms with Crippen LogP contribution in [-0.2, 0) is 14.8 Å². The third-order valence-electron chi connectivity index (χ3n) is 8.82. The molecule has 1 aliphatic carbocycles. The van der Waals surface area contributed by atoms with Gasteiger partial charge in [-0.15, -0.1) is 0 Å². The minimum Gasteiger partial charge on any atom is -0.473 e. The fourth-order valence-electron chi connectivity index (χ4n) is 6.20. The van der Waals surface area contributed by atoms with Crippen molar-refractivity contribution in [1.29, 1.82) is 0 Å². The van der Waals surface area contributed by atoms with Crippen molar-refractivity contribution in [2.45, 2.75) is 64.5 Å². The first-order valence-corrected chi connectivity index (χ1v) is 16.1. The number of nitrogens with one attached hydrogen (secondary N) is 2. The van der Waals surface area contributed by atoms with Gasteiger partial charge in [-0.3, -0.25) is 9.69 Å². The number of rotatable bonds is 5. The third-order valence-corrected chi connectivity index (χ3v) is 10.0. The van der Waals surface area contributed by atoms with Gasteiger partial charge in [0.15, 0.2) is 5.03 Å². The lowest BCUT2D eigenvalue weighted by molar-refractivity contribution is -0.123. The summed E-state index contributed by atoms with van der Waals surface area (Å²) in [6.07, 6.45) is 3.79. The van der Waals surface area contributed by atoms with Crippen LogP contribution in [0.1, 0.15) is 50.7 Å². The highest BCUT2D eigenvalue weighted by Crippen LogP contribution is 2.47. The first kappa shape index (κ1) is 28.5. The van der Waals surface area contributed by atoms with Gasteiger partial charge in [0.2, 0.25) is 17.7 Å². The maximum Gasteiger partial charge on any atom is 0.281 e. The van der Waals surface area contributed by atoms with Gasteiger partial charge in [0.05, 0.1) is 11.6 Å². The normalized spacial score (nSPS) is 22.3. The highest BCUT2D eigenvalue weighted by molar-refractivity contribution is 7.92. The Morgan fingerprint density at radius 2 is 1.76 bits per heavy atom. The summed E-state index contributed by atoms with van der Waals surface area (Å²) < 4.78 is 35.6. The molecule has 11 heteroatoms. The van der Waals surface area contributed by atoms with Crippen LogP contribution in [0.2, 0.25) is 0 Å². The van der Waals surface area contributed by atoms with Crippen LogP contribution in [0.3, 0.4) is 0 Å². The predicted molar refractivity (Wildman–Crippen MR) is 161 cm³/mol. The Kier molecular flexibility index (Phi) is 7.43. The number of sulfonamides is 1. The number of benzene rings is 1. The lowest BCUT2D eigenvalue weighted by atomic mass is 9.83. The quantitative estimate of drug-likeness (QED) is 0.434. The second kappa shape index (κ2) is 10.9. The second-order valence-electron chi connectivity index (χ2n) is 12.6. The maximum absolute atomic E-state index is 13.5. The fourth-order valence-corrected chi connectivity index (χ4v) is 7.11. The van der Waals surface area contributed by atoms with Crippen LogP contribution in [0.4, 0.5) is 11.8 Å². The Balaban J connectivity index is 1.40. The molecule has 2 aliphatic heterocycles. The molecule has 3 aliphatic rings. The zero-order chi connectivity index (χ0) is 29.6. The van der Waals surface area contributed by atoms with Crippen molar-refractivity contribution in [2.75, 3.05) is 29.7 Å². The topological polar surface area (TPSA) is 126 Å². The lowest BCUT2D eigenvalue weighted by Crippen LogP contribution is -2.49. The summed E-state index contributed by atoms with van der Waals surface area (Å²) in [6, 6.07) is 12.2. The van der Waals surface area contributed by atoms with Crippen molar-refractivity contribution in [1.82, 2.24) is 19.9 Å². The molecule has 4 heterocycles. The van der Waals surface area contributed by atoms with Gasteiger partial charge in [-0.05, 0) is 80.7 Å². The summed E-state index contributed by atoms with van der Waals surface area (Å²) in [5, 5.41) is 2.60. The van der Waals surface area contributed by atoms with Crippen LogP contribution < -0.4 is 14.8 Å². The molecule has 2 atom stereocenters. The van der Waals surface area contributed by atoms with Gasteiger partial charge in [0, 0.05) is 24.7 Å². The molecule has 222 valence electrons. The smallest absolute Gasteiger partial charge is 0.281 e. The molecule has 0 radical (unpaired) electrons. The van der Waals surface area contributed by atoms with Crippen LogP contribution >= 0.6 is 0 Å². The van der Waals surface area contributed by atoms with E-state index in [-0.39, 0.29) is 46.0 Å². The molecule has 3 aromatic rings. The number of pyridine rings is 1. The Morgan fingerprint density at radius 1 is 1.02 bits per heavy atom. The number of anilines is 2. The molecule has 1 saturated heterocycles. The van der Waals surface area contributed by atoms with E-state index >= 15 is 0 Å². The van der Waals surface area contributed by atoms with Gasteiger partial charge >= 0.3 is 0 Å². The first-order valence-electron chi connectivity index (χ1n) is 14.6. The number of likely N-dealkylation sites (tertiary alicyclic amines) is 1. The molecule has 1 aromatic carbocycles. The second-order valence-corrected chi connectivity index (χ2v) is 14.2. The Hall–Kier alpha value is -3.57. The number of carbonyl (C=O) groups excluding carboxylic acids is 1. The van der Waals surface area contributed by atoms with E-state index in [2.05, 4.69) is 43.7 Å². The average Bonchev–Trinajstić information content (AvgIpc) is 3.78. The van der Waals surface area contributed by atoms with Crippen LogP contribution in [0.25, 0.3) is 11.3 Å². The molecule has 10 nitrogen and oxygen atoms in total. The summed E-state index contributed by atoms with van der Waals surface area (Å²) in [6.45, 7) is 10.7. The molecule has 1 saturated carbocycles. The zero-order valence-corrected chi connectivity index (χ0v) is 25.4. The number of aryl methyl sites for hydroxylation is 2. The molecule has 2 unspecified atom stereocenters. The summed E-state index contributed by atoms with van der Waals surface area (Å²) >= 11 is 0. The van der Waals surface area contributed by atoms with E-state index < -0.39 is 10.0 Å². The maximum atomic E-state index is 13.5. The van der Waals surface area contributed by atoms with E-state index in [9.17, 15) is 13.2 Å². The first-order chi connectivity index (χ1) is 20.0. The van der Waals surface area contributed by atoms with Crippen molar-refractivity contribution in [2.24, 2.45) is 17.3 Å². The molecule has 1 amide bonds. The summed E-state index contributed by atoms with van der Waals surface area (Å²) in [5.74, 6) is 0.521. The van der Waals surface area contributed by atoms with Crippen molar-refractivity contribution in [3.8, 4) is 17.1 Å². The zero-order valence-electron chi connectivity index (χ0n) is 24.6. The number of aromatic nitrogens is 3. The number of amides is 1. The highest BCUT2D eigenvalue weighted by atomic mass is 32.2. The van der Waals surface area contributed by atoms with Gasteiger partial charge < -0.3 is 10.1 Å². The van der Waals surface area contributed by atoms with E-state index in [1.54, 1.807) is 18.2 Å². The molecule has 6 bridgehead atoms. The summed E-state index contributed by atoms with van der Waals surface area (Å²) in [5.41, 5.74) is 3.69. The molecule has 0 spiro atoms. The largest absolute Gasteiger partial charge is 0.473 e. The minimum absolute atomic E-state index is 0.103. The lowest BCUT2D eigenvalue weighted by Gasteiger charge is -2.38. The number of fused-ring (bicyclic) bond motifs is 6. The molecular formula is C31H38N6O4S. The van der Waals surface area contributed by atoms with Gasteiger partial charge in [0.25, 0.3) is 10.0 Å². The van der Waals surface area contributed by atoms with Crippen LogP contribution in [-0.4, -0.2) is 59.9 Å². The van der Waals surface area contributed by atoms with Crippen molar-refractivity contribution < 1.29 is 17.9 Å². The van der Waals surface area contributed by atoms with E-state index in [1.165, 1.54) is 18.9 Å². The molecule has 6 rings (SSSR count). The fraction of sp³-hybridized carbons (Fsp3) is 0.484. The highest BCUT2D eigenvalue weighted by Gasteiger charge is 2.39. The number of nitrogens with zero attached hydrogens (tertiary/aromatic N) is 4. The Bertz CT molecular complexity index is 1600. The van der Waals surface area contributed by atoms with E-state index in [1.807, 2.05) is 32.0 Å². The van der Waals surface area contributed by atoms with Gasteiger partial charge in [-0.25, -0.2) is 14.7 Å². The van der Waals surface area contributed by atoms with Crippen LogP contribution in [0, 0.1) is 31.1 Å². The van der Waals surface area contributed by atoms with Crippen molar-refractivity contribution >= 4 is 27.7 Å². The molecule has 2 fully saturated rings. The van der Waals surface area contributed by atoms with Crippen LogP contribution in [0.5, 0.6) is 5.88 Å². The minimum atomic E-state index is -4.16. The summed E-state index contributed by atoms with van der Waals surface area (Å²) in [4.78, 5) is 29.1. The molecular weight excluding hydrogens is 552 g/mol. The molecule has 42 heavy (non-hydrogen) atoms. The van der Waals surface area contributed by atoms with Crippen molar-refractivity contribution in [3.05, 3.63) is 53.6 Å². The van der Waals surface area contributed by atoms with Gasteiger partial charge in [-0.1, -0.05) is 38.1 Å². The predicted octanol–water partition coefficient (Wildman–Crippen LogP) is 4.80. The molecule has 2 aromatic heterocycles. The average molecular weight is 591 g/mol. The summed E-state index contributed by atoms with van der Waals surface area (Å²) in [7, 11) is -4.16. The van der Waals surface area contributed by atoms with E-state index in [0.29, 0.717) is 25.2 Å². The standard InChI is InChI=1S/C31H38N6O4S/c1-19-7-5-8-20(2)28(19)24-16-26-35-30(32-24)36-42(39,40)27-10-6-9-25(33-27)34-29(38)21-15-23(41-26)18-37(17-21)14-13-31(3,4)22-11-12-22/h5-10,16,21-23H,11-15,17-18H2,1-4H3,(H,32,35,36)(H,33,34,38). The molecule has 2 N–H and O–H groups in total. The van der Waals surface area contributed by atoms with Crippen LogP contribution in [0.15, 0.2) is 47.5 Å². The van der Waals surface area contributed by atoms with E-state index in [4.69, 9.17) is 4.74 Å². The Morgan fingerprint density at radius 3 is 2.50 bits per heavy atom. The van der Waals surface area contributed by atoms with E-state index in [0.717, 1.165) is 35.6 Å². The van der Waals surface area contributed by atoms with Crippen molar-refractivity contribution in [3.63, 3.8) is 0 Å². The number of hydrogen-bond acceptors (Lipinski definition) is 8. The van der Waals surface area contributed by atoms with Gasteiger partial charge in [0.1, 0.15) is 11.9 Å². The number of carbonyl (C=O) groups is 1. The monoisotopic (exact) mass is 590 g/mol. The Labute approximate surface area is 247 Å². The SMILES string of the molecule is Cc1cccc(C)c1-c1cc2nc(n1)NS(=O)(=O)c1cccc(n1)NC(=O)C1CC(CN(CCC(C)(C)C3CC3)C1)O2.